The maximum Gasteiger partial charge on any atom is 0.282 e. The van der Waals surface area contributed by atoms with E-state index in [1.54, 1.807) is 0 Å². The Morgan fingerprint density at radius 3 is 2.83 bits per heavy atom. The quantitative estimate of drug-likeness (QED) is 0.838. The average Bonchev–Trinajstić information content (AvgIpc) is 2.85. The zero-order chi connectivity index (χ0) is 12.4. The van der Waals surface area contributed by atoms with Gasteiger partial charge in [-0.05, 0) is 12.8 Å². The lowest BCUT2D eigenvalue weighted by molar-refractivity contribution is 0.0932. The molecule has 3 rings (SSSR count). The van der Waals surface area contributed by atoms with Gasteiger partial charge in [-0.25, -0.2) is 0 Å². The van der Waals surface area contributed by atoms with Crippen LogP contribution in [0.25, 0.3) is 4.96 Å². The largest absolute Gasteiger partial charge is 0.347 e. The molecule has 1 fully saturated rings. The van der Waals surface area contributed by atoms with Gasteiger partial charge >= 0.3 is 0 Å². The summed E-state index contributed by atoms with van der Waals surface area (Å²) in [4.78, 5) is 12.7. The fourth-order valence-electron chi connectivity index (χ4n) is 2.32. The molecule has 1 aliphatic carbocycles. The van der Waals surface area contributed by atoms with Crippen LogP contribution >= 0.6 is 11.3 Å². The van der Waals surface area contributed by atoms with Crippen molar-refractivity contribution in [2.24, 2.45) is 0 Å². The Morgan fingerprint density at radius 2 is 2.11 bits per heavy atom. The van der Waals surface area contributed by atoms with E-state index in [0.717, 1.165) is 12.8 Å². The van der Waals surface area contributed by atoms with E-state index in [1.165, 1.54) is 47.9 Å². The van der Waals surface area contributed by atoms with Crippen molar-refractivity contribution in [2.75, 3.05) is 0 Å². The zero-order valence-corrected chi connectivity index (χ0v) is 10.8. The number of aromatic nitrogens is 4. The second-order valence-corrected chi connectivity index (χ2v) is 5.58. The fraction of sp³-hybridized carbons (Fsp3) is 0.636. The van der Waals surface area contributed by atoms with Crippen molar-refractivity contribution in [1.29, 1.82) is 0 Å². The Morgan fingerprint density at radius 1 is 1.33 bits per heavy atom. The molecule has 2 heterocycles. The molecule has 2 aromatic rings. The van der Waals surface area contributed by atoms with Crippen molar-refractivity contribution in [1.82, 2.24) is 25.1 Å². The molecule has 1 aliphatic rings. The molecule has 18 heavy (non-hydrogen) atoms. The van der Waals surface area contributed by atoms with Gasteiger partial charge in [-0.1, -0.05) is 37.0 Å². The Balaban J connectivity index is 1.68. The van der Waals surface area contributed by atoms with Crippen molar-refractivity contribution in [3.63, 3.8) is 0 Å². The number of amides is 1. The summed E-state index contributed by atoms with van der Waals surface area (Å²) in [7, 11) is 0. The van der Waals surface area contributed by atoms with E-state index in [9.17, 15) is 4.79 Å². The van der Waals surface area contributed by atoms with Crippen LogP contribution in [0.5, 0.6) is 0 Å². The van der Waals surface area contributed by atoms with E-state index >= 15 is 0 Å². The van der Waals surface area contributed by atoms with Gasteiger partial charge in [-0.3, -0.25) is 4.79 Å². The molecule has 1 amide bonds. The predicted octanol–water partition coefficient (Wildman–Crippen LogP) is 1.64. The Kier molecular flexibility index (Phi) is 3.22. The fourth-order valence-corrected chi connectivity index (χ4v) is 3.05. The van der Waals surface area contributed by atoms with Crippen LogP contribution in [0.3, 0.4) is 0 Å². The summed E-state index contributed by atoms with van der Waals surface area (Å²) in [6.45, 7) is 0. The first-order valence-corrected chi connectivity index (χ1v) is 7.12. The zero-order valence-electron chi connectivity index (χ0n) is 10.0. The van der Waals surface area contributed by atoms with Crippen LogP contribution in [0.1, 0.15) is 48.3 Å². The molecule has 1 saturated carbocycles. The van der Waals surface area contributed by atoms with Crippen LogP contribution in [-0.2, 0) is 0 Å². The second kappa shape index (κ2) is 5.01. The molecule has 0 unspecified atom stereocenters. The number of nitrogens with zero attached hydrogens (tertiary/aromatic N) is 4. The van der Waals surface area contributed by atoms with Crippen LogP contribution in [0, 0.1) is 0 Å². The van der Waals surface area contributed by atoms with Crippen molar-refractivity contribution >= 4 is 22.2 Å². The van der Waals surface area contributed by atoms with Gasteiger partial charge in [0, 0.05) is 6.04 Å². The monoisotopic (exact) mass is 265 g/mol. The first kappa shape index (κ1) is 11.6. The predicted molar refractivity (Wildman–Crippen MR) is 67.6 cm³/mol. The number of rotatable bonds is 2. The van der Waals surface area contributed by atoms with Crippen LogP contribution in [-0.4, -0.2) is 31.8 Å². The number of carbonyl (C=O) groups is 1. The van der Waals surface area contributed by atoms with Gasteiger partial charge in [0.05, 0.1) is 0 Å². The maximum atomic E-state index is 12.1. The first-order valence-electron chi connectivity index (χ1n) is 6.30. The van der Waals surface area contributed by atoms with Crippen molar-refractivity contribution in [2.45, 2.75) is 44.6 Å². The van der Waals surface area contributed by atoms with Gasteiger partial charge in [0.25, 0.3) is 5.91 Å². The van der Waals surface area contributed by atoms with Gasteiger partial charge < -0.3 is 5.32 Å². The third-order valence-electron chi connectivity index (χ3n) is 3.27. The molecule has 1 N–H and O–H groups in total. The highest BCUT2D eigenvalue weighted by atomic mass is 32.1. The lowest BCUT2D eigenvalue weighted by atomic mass is 10.1. The number of nitrogens with one attached hydrogen (secondary N) is 1. The van der Waals surface area contributed by atoms with Gasteiger partial charge in [-0.15, -0.1) is 15.3 Å². The van der Waals surface area contributed by atoms with Crippen molar-refractivity contribution < 1.29 is 4.79 Å². The summed E-state index contributed by atoms with van der Waals surface area (Å²) < 4.78 is 1.53. The number of carbonyl (C=O) groups excluding carboxylic acids is 1. The van der Waals surface area contributed by atoms with Gasteiger partial charge in [0.15, 0.2) is 0 Å². The number of hydrogen-bond acceptors (Lipinski definition) is 5. The smallest absolute Gasteiger partial charge is 0.282 e. The van der Waals surface area contributed by atoms with Gasteiger partial charge in [-0.2, -0.15) is 4.52 Å². The summed E-state index contributed by atoms with van der Waals surface area (Å²) in [6, 6.07) is 0.300. The van der Waals surface area contributed by atoms with E-state index in [4.69, 9.17) is 0 Å². The highest BCUT2D eigenvalue weighted by Gasteiger charge is 2.19. The first-order chi connectivity index (χ1) is 8.83. The molecular formula is C11H15N5OS. The minimum Gasteiger partial charge on any atom is -0.347 e. The average molecular weight is 265 g/mol. The van der Waals surface area contributed by atoms with E-state index in [2.05, 4.69) is 20.6 Å². The molecule has 0 radical (unpaired) electrons. The number of fused-ring (bicyclic) bond motifs is 1. The summed E-state index contributed by atoms with van der Waals surface area (Å²) in [6.07, 6.45) is 8.64. The third kappa shape index (κ3) is 2.35. The van der Waals surface area contributed by atoms with Crippen LogP contribution in [0.4, 0.5) is 0 Å². The molecule has 6 nitrogen and oxygen atoms in total. The molecule has 0 aromatic carbocycles. The molecule has 0 atom stereocenters. The molecule has 0 bridgehead atoms. The maximum absolute atomic E-state index is 12.1. The topological polar surface area (TPSA) is 72.2 Å². The van der Waals surface area contributed by atoms with Crippen molar-refractivity contribution in [3.8, 4) is 0 Å². The summed E-state index contributed by atoms with van der Waals surface area (Å²) in [5.41, 5.74) is 0. The summed E-state index contributed by atoms with van der Waals surface area (Å²) >= 11 is 1.27. The minimum absolute atomic E-state index is 0.0857. The van der Waals surface area contributed by atoms with E-state index in [1.807, 2.05) is 0 Å². The molecule has 2 aromatic heterocycles. The molecule has 0 spiro atoms. The van der Waals surface area contributed by atoms with Crippen molar-refractivity contribution in [3.05, 3.63) is 11.3 Å². The summed E-state index contributed by atoms with van der Waals surface area (Å²) in [5, 5.41) is 15.3. The Hall–Kier alpha value is -1.50. The van der Waals surface area contributed by atoms with E-state index in [0.29, 0.717) is 16.0 Å². The standard InChI is InChI=1S/C11H15N5OS/c17-9(13-8-5-3-1-2-4-6-8)10-15-16-7-12-14-11(16)18-10/h7-8H,1-6H2,(H,13,17). The lowest BCUT2D eigenvalue weighted by Crippen LogP contribution is -2.34. The highest BCUT2D eigenvalue weighted by Crippen LogP contribution is 2.18. The number of hydrogen-bond donors (Lipinski definition) is 1. The van der Waals surface area contributed by atoms with Crippen LogP contribution in [0.2, 0.25) is 0 Å². The second-order valence-electron chi connectivity index (χ2n) is 4.63. The van der Waals surface area contributed by atoms with Gasteiger partial charge in [0.1, 0.15) is 6.33 Å². The molecule has 7 heteroatoms. The Labute approximate surface area is 108 Å². The summed E-state index contributed by atoms with van der Waals surface area (Å²) in [5.74, 6) is -0.0857. The third-order valence-corrected chi connectivity index (χ3v) is 4.18. The molecular weight excluding hydrogens is 250 g/mol. The Bertz CT molecular complexity index is 512. The van der Waals surface area contributed by atoms with Gasteiger partial charge in [0.2, 0.25) is 9.97 Å². The normalized spacial score (nSPS) is 17.8. The molecule has 0 aliphatic heterocycles. The van der Waals surface area contributed by atoms with Crippen LogP contribution < -0.4 is 5.32 Å². The van der Waals surface area contributed by atoms with Crippen LogP contribution in [0.15, 0.2) is 6.33 Å². The SMILES string of the molecule is O=C(NC1CCCCCC1)c1nn2cnnc2s1. The molecule has 96 valence electrons. The lowest BCUT2D eigenvalue weighted by Gasteiger charge is -2.14. The van der Waals surface area contributed by atoms with E-state index < -0.39 is 0 Å². The van der Waals surface area contributed by atoms with E-state index in [-0.39, 0.29) is 5.91 Å². The minimum atomic E-state index is -0.0857. The highest BCUT2D eigenvalue weighted by molar-refractivity contribution is 7.18. The molecule has 0 saturated heterocycles.